The Morgan fingerprint density at radius 3 is 2.47 bits per heavy atom. The molecule has 4 aliphatic rings. The maximum atomic E-state index is 13.1. The summed E-state index contributed by atoms with van der Waals surface area (Å²) in [6.07, 6.45) is 11.1. The zero-order valence-electron chi connectivity index (χ0n) is 20.8. The second kappa shape index (κ2) is 8.62. The molecule has 0 spiro atoms. The van der Waals surface area contributed by atoms with Gasteiger partial charge in [-0.05, 0) is 85.8 Å². The molecule has 1 N–H and O–H groups in total. The van der Waals surface area contributed by atoms with Gasteiger partial charge in [0.25, 0.3) is 0 Å². The lowest BCUT2D eigenvalue weighted by molar-refractivity contribution is -0.137. The van der Waals surface area contributed by atoms with Crippen LogP contribution < -0.4 is 19.5 Å². The van der Waals surface area contributed by atoms with Crippen LogP contribution in [0.3, 0.4) is 0 Å². The summed E-state index contributed by atoms with van der Waals surface area (Å²) in [5.74, 6) is 3.37. The molecule has 1 aromatic carbocycles. The Hall–Kier alpha value is -2.50. The first-order chi connectivity index (χ1) is 16.3. The standard InChI is InChI=1S/C28H37NO5/c1-27-14-12-20-18(9-11-23-28(20,2)15-13-24(30)29-23)19(27)10-8-17(27)16-25(31)34-26-21(32-3)6-5-7-22(26)33-4/h5-7,13,15,17-20,23H,8-12,14,16H2,1-4H3,(H,29,30)/t17-,18+,19+,20+,23-,27-,28-/m1/s1. The molecule has 3 aliphatic carbocycles. The average molecular weight is 468 g/mol. The van der Waals surface area contributed by atoms with E-state index in [1.54, 1.807) is 32.4 Å². The summed E-state index contributed by atoms with van der Waals surface area (Å²) in [4.78, 5) is 25.0. The molecule has 6 nitrogen and oxygen atoms in total. The largest absolute Gasteiger partial charge is 0.493 e. The van der Waals surface area contributed by atoms with Gasteiger partial charge in [-0.3, -0.25) is 9.59 Å². The third-order valence-electron chi connectivity index (χ3n) is 9.89. The lowest BCUT2D eigenvalue weighted by Gasteiger charge is -2.58. The van der Waals surface area contributed by atoms with Crippen molar-refractivity contribution in [3.05, 3.63) is 30.4 Å². The molecule has 0 bridgehead atoms. The zero-order valence-corrected chi connectivity index (χ0v) is 20.8. The molecule has 5 rings (SSSR count). The minimum absolute atomic E-state index is 0.0373. The van der Waals surface area contributed by atoms with E-state index in [0.29, 0.717) is 47.3 Å². The van der Waals surface area contributed by atoms with Gasteiger partial charge in [-0.2, -0.15) is 0 Å². The molecule has 7 atom stereocenters. The molecule has 3 fully saturated rings. The van der Waals surface area contributed by atoms with Crippen LogP contribution >= 0.6 is 0 Å². The van der Waals surface area contributed by atoms with Gasteiger partial charge in [0.1, 0.15) is 0 Å². The van der Waals surface area contributed by atoms with Gasteiger partial charge >= 0.3 is 5.97 Å². The van der Waals surface area contributed by atoms with Gasteiger partial charge in [0.2, 0.25) is 11.7 Å². The number of esters is 1. The Morgan fingerprint density at radius 1 is 1.03 bits per heavy atom. The van der Waals surface area contributed by atoms with Crippen LogP contribution in [0.4, 0.5) is 0 Å². The predicted molar refractivity (Wildman–Crippen MR) is 129 cm³/mol. The molecule has 1 amide bonds. The van der Waals surface area contributed by atoms with Gasteiger partial charge in [-0.1, -0.05) is 26.0 Å². The van der Waals surface area contributed by atoms with E-state index >= 15 is 0 Å². The molecule has 1 aliphatic heterocycles. The number of benzene rings is 1. The maximum absolute atomic E-state index is 13.1. The van der Waals surface area contributed by atoms with Gasteiger partial charge in [0.15, 0.2) is 11.5 Å². The Bertz CT molecular complexity index is 982. The number of amides is 1. The molecule has 34 heavy (non-hydrogen) atoms. The monoisotopic (exact) mass is 467 g/mol. The fraction of sp³-hybridized carbons (Fsp3) is 0.643. The Balaban J connectivity index is 1.31. The molecular formula is C28H37NO5. The van der Waals surface area contributed by atoms with Crippen molar-refractivity contribution in [2.75, 3.05) is 14.2 Å². The summed E-state index contributed by atoms with van der Waals surface area (Å²) in [7, 11) is 3.13. The summed E-state index contributed by atoms with van der Waals surface area (Å²) >= 11 is 0. The van der Waals surface area contributed by atoms with Gasteiger partial charge < -0.3 is 19.5 Å². The highest BCUT2D eigenvalue weighted by Gasteiger charge is 2.59. The summed E-state index contributed by atoms with van der Waals surface area (Å²) in [5.41, 5.74) is 0.186. The maximum Gasteiger partial charge on any atom is 0.311 e. The number of nitrogens with one attached hydrogen (secondary N) is 1. The van der Waals surface area contributed by atoms with Gasteiger partial charge in [0, 0.05) is 17.9 Å². The average Bonchev–Trinajstić information content (AvgIpc) is 3.15. The summed E-state index contributed by atoms with van der Waals surface area (Å²) < 4.78 is 16.6. The van der Waals surface area contributed by atoms with Crippen molar-refractivity contribution in [2.45, 2.75) is 64.8 Å². The number of hydrogen-bond acceptors (Lipinski definition) is 5. The fourth-order valence-electron chi connectivity index (χ4n) is 8.05. The third-order valence-corrected chi connectivity index (χ3v) is 9.89. The summed E-state index contributed by atoms with van der Waals surface area (Å²) in [6, 6.07) is 5.62. The van der Waals surface area contributed by atoms with Gasteiger partial charge in [-0.25, -0.2) is 0 Å². The van der Waals surface area contributed by atoms with Crippen molar-refractivity contribution in [3.63, 3.8) is 0 Å². The van der Waals surface area contributed by atoms with Gasteiger partial charge in [-0.15, -0.1) is 0 Å². The number of para-hydroxylation sites is 1. The second-order valence-electron chi connectivity index (χ2n) is 11.2. The minimum atomic E-state index is -0.217. The summed E-state index contributed by atoms with van der Waals surface area (Å²) in [5, 5.41) is 3.23. The highest BCUT2D eigenvalue weighted by Crippen LogP contribution is 2.65. The number of hydrogen-bond donors (Lipinski definition) is 1. The van der Waals surface area contributed by atoms with E-state index in [9.17, 15) is 9.59 Å². The van der Waals surface area contributed by atoms with Crippen molar-refractivity contribution in [3.8, 4) is 17.2 Å². The van der Waals surface area contributed by atoms with Crippen LogP contribution in [0.25, 0.3) is 0 Å². The van der Waals surface area contributed by atoms with E-state index in [4.69, 9.17) is 14.2 Å². The van der Waals surface area contributed by atoms with Crippen LogP contribution in [0, 0.1) is 34.5 Å². The molecule has 0 saturated heterocycles. The molecule has 184 valence electrons. The topological polar surface area (TPSA) is 73.9 Å². The quantitative estimate of drug-likeness (QED) is 0.492. The van der Waals surface area contributed by atoms with Gasteiger partial charge in [0.05, 0.1) is 14.2 Å². The first-order valence-electron chi connectivity index (χ1n) is 12.7. The van der Waals surface area contributed by atoms with Crippen molar-refractivity contribution >= 4 is 11.9 Å². The SMILES string of the molecule is COc1cccc(OC)c1OC(=O)C[C@H]1CC[C@H]2[C@@H]3CC[C@H]4NC(=O)C=C[C@]4(C)[C@H]3CC[C@]12C. The van der Waals surface area contributed by atoms with Crippen molar-refractivity contribution < 1.29 is 23.8 Å². The minimum Gasteiger partial charge on any atom is -0.493 e. The molecule has 1 aromatic rings. The normalized spacial score (nSPS) is 38.2. The van der Waals surface area contributed by atoms with E-state index in [1.807, 2.05) is 6.07 Å². The summed E-state index contributed by atoms with van der Waals surface area (Å²) in [6.45, 7) is 4.76. The molecule has 6 heteroatoms. The second-order valence-corrected chi connectivity index (χ2v) is 11.2. The third kappa shape index (κ3) is 3.61. The van der Waals surface area contributed by atoms with Crippen LogP contribution in [0.15, 0.2) is 30.4 Å². The lowest BCUT2D eigenvalue weighted by atomic mass is 9.48. The van der Waals surface area contributed by atoms with Crippen LogP contribution in [0.5, 0.6) is 17.2 Å². The molecule has 3 saturated carbocycles. The predicted octanol–water partition coefficient (Wildman–Crippen LogP) is 4.91. The Labute approximate surface area is 202 Å². The smallest absolute Gasteiger partial charge is 0.311 e. The van der Waals surface area contributed by atoms with Crippen LogP contribution in [0.2, 0.25) is 0 Å². The Morgan fingerprint density at radius 2 is 1.76 bits per heavy atom. The molecule has 1 heterocycles. The first-order valence-corrected chi connectivity index (χ1v) is 12.7. The first kappa shape index (κ1) is 23.3. The fourth-order valence-corrected chi connectivity index (χ4v) is 8.05. The number of methoxy groups -OCH3 is 2. The number of fused-ring (bicyclic) bond motifs is 5. The Kier molecular flexibility index (Phi) is 5.89. The van der Waals surface area contributed by atoms with Crippen molar-refractivity contribution in [1.29, 1.82) is 0 Å². The molecule has 0 radical (unpaired) electrons. The molecule has 0 unspecified atom stereocenters. The number of rotatable bonds is 5. The van der Waals surface area contributed by atoms with E-state index in [-0.39, 0.29) is 28.7 Å². The number of ether oxygens (including phenoxy) is 3. The van der Waals surface area contributed by atoms with Crippen LogP contribution in [0.1, 0.15) is 58.8 Å². The number of carbonyl (C=O) groups excluding carboxylic acids is 2. The zero-order chi connectivity index (χ0) is 24.1. The van der Waals surface area contributed by atoms with E-state index in [1.165, 1.54) is 6.42 Å². The highest BCUT2D eigenvalue weighted by atomic mass is 16.6. The number of carbonyl (C=O) groups is 2. The highest BCUT2D eigenvalue weighted by molar-refractivity contribution is 5.89. The van der Waals surface area contributed by atoms with Crippen LogP contribution in [-0.2, 0) is 9.59 Å². The van der Waals surface area contributed by atoms with Crippen molar-refractivity contribution in [1.82, 2.24) is 5.32 Å². The lowest BCUT2D eigenvalue weighted by Crippen LogP contribution is -2.59. The van der Waals surface area contributed by atoms with E-state index < -0.39 is 0 Å². The molecule has 0 aromatic heterocycles. The molecular weight excluding hydrogens is 430 g/mol. The van der Waals surface area contributed by atoms with E-state index in [2.05, 4.69) is 25.2 Å². The van der Waals surface area contributed by atoms with Crippen molar-refractivity contribution in [2.24, 2.45) is 34.5 Å². The van der Waals surface area contributed by atoms with E-state index in [0.717, 1.165) is 32.1 Å². The van der Waals surface area contributed by atoms with Crippen LogP contribution in [-0.4, -0.2) is 32.1 Å².